The summed E-state index contributed by atoms with van der Waals surface area (Å²) >= 11 is 0. The Balaban J connectivity index is 2.22. The Hall–Kier alpha value is -1.06. The zero-order chi connectivity index (χ0) is 13.4. The molecule has 1 aliphatic carbocycles. The number of unbranched alkanes of at least 4 members (excludes halogenated alkanes) is 1. The second kappa shape index (κ2) is 8.11. The standard InChI is InChI=1S/C14H26N2O2/c1-3-4-10-16(2)13(17)11-15-14(18)12-8-6-5-7-9-12/h12H,3-11H2,1-2H3,(H,15,18). The number of rotatable bonds is 6. The first kappa shape index (κ1) is 15.0. The van der Waals surface area contributed by atoms with Gasteiger partial charge in [-0.05, 0) is 19.3 Å². The summed E-state index contributed by atoms with van der Waals surface area (Å²) in [7, 11) is 1.80. The molecule has 0 saturated heterocycles. The van der Waals surface area contributed by atoms with Gasteiger partial charge >= 0.3 is 0 Å². The first-order valence-electron chi connectivity index (χ1n) is 7.16. The second-order valence-corrected chi connectivity index (χ2v) is 5.22. The summed E-state index contributed by atoms with van der Waals surface area (Å²) in [6.45, 7) is 3.02. The van der Waals surface area contributed by atoms with E-state index < -0.39 is 0 Å². The van der Waals surface area contributed by atoms with Crippen LogP contribution >= 0.6 is 0 Å². The van der Waals surface area contributed by atoms with Gasteiger partial charge in [-0.2, -0.15) is 0 Å². The van der Waals surface area contributed by atoms with Crippen LogP contribution < -0.4 is 5.32 Å². The molecule has 0 aromatic rings. The average molecular weight is 254 g/mol. The van der Waals surface area contributed by atoms with E-state index >= 15 is 0 Å². The summed E-state index contributed by atoms with van der Waals surface area (Å²) in [4.78, 5) is 25.3. The number of likely N-dealkylation sites (N-methyl/N-ethyl adjacent to an activating group) is 1. The van der Waals surface area contributed by atoms with Crippen LogP contribution in [-0.4, -0.2) is 36.9 Å². The minimum Gasteiger partial charge on any atom is -0.347 e. The lowest BCUT2D eigenvalue weighted by atomic mass is 9.89. The van der Waals surface area contributed by atoms with Crippen LogP contribution in [0, 0.1) is 5.92 Å². The highest BCUT2D eigenvalue weighted by Gasteiger charge is 2.21. The molecule has 0 aromatic heterocycles. The quantitative estimate of drug-likeness (QED) is 0.787. The molecular weight excluding hydrogens is 228 g/mol. The number of hydrogen-bond donors (Lipinski definition) is 1. The predicted octanol–water partition coefficient (Wildman–Crippen LogP) is 1.94. The van der Waals surface area contributed by atoms with Crippen LogP contribution in [0.2, 0.25) is 0 Å². The Kier molecular flexibility index (Phi) is 6.76. The zero-order valence-electron chi connectivity index (χ0n) is 11.7. The lowest BCUT2D eigenvalue weighted by molar-refractivity contribution is -0.133. The van der Waals surface area contributed by atoms with Gasteiger partial charge in [0.15, 0.2) is 0 Å². The Morgan fingerprint density at radius 3 is 2.50 bits per heavy atom. The zero-order valence-corrected chi connectivity index (χ0v) is 11.7. The molecule has 104 valence electrons. The maximum Gasteiger partial charge on any atom is 0.241 e. The van der Waals surface area contributed by atoms with E-state index in [1.54, 1.807) is 11.9 Å². The number of nitrogens with zero attached hydrogens (tertiary/aromatic N) is 1. The second-order valence-electron chi connectivity index (χ2n) is 5.22. The molecular formula is C14H26N2O2. The summed E-state index contributed by atoms with van der Waals surface area (Å²) in [5, 5.41) is 2.78. The monoisotopic (exact) mass is 254 g/mol. The van der Waals surface area contributed by atoms with Crippen molar-refractivity contribution < 1.29 is 9.59 Å². The van der Waals surface area contributed by atoms with Crippen molar-refractivity contribution >= 4 is 11.8 Å². The first-order chi connectivity index (χ1) is 8.65. The number of carbonyl (C=O) groups excluding carboxylic acids is 2. The Labute approximate surface area is 110 Å². The van der Waals surface area contributed by atoms with Gasteiger partial charge in [0.1, 0.15) is 0 Å². The van der Waals surface area contributed by atoms with Crippen LogP contribution in [0.1, 0.15) is 51.9 Å². The van der Waals surface area contributed by atoms with Crippen LogP contribution in [0.4, 0.5) is 0 Å². The number of carbonyl (C=O) groups is 2. The molecule has 1 saturated carbocycles. The summed E-state index contributed by atoms with van der Waals surface area (Å²) in [5.74, 6) is 0.201. The van der Waals surface area contributed by atoms with Crippen molar-refractivity contribution in [3.63, 3.8) is 0 Å². The maximum absolute atomic E-state index is 11.9. The van der Waals surface area contributed by atoms with Gasteiger partial charge in [0.25, 0.3) is 0 Å². The number of nitrogens with one attached hydrogen (secondary N) is 1. The third-order valence-corrected chi connectivity index (χ3v) is 3.66. The van der Waals surface area contributed by atoms with Gasteiger partial charge in [0, 0.05) is 19.5 Å². The topological polar surface area (TPSA) is 49.4 Å². The van der Waals surface area contributed by atoms with E-state index in [2.05, 4.69) is 12.2 Å². The maximum atomic E-state index is 11.9. The van der Waals surface area contributed by atoms with E-state index in [0.29, 0.717) is 0 Å². The number of amides is 2. The fraction of sp³-hybridized carbons (Fsp3) is 0.857. The van der Waals surface area contributed by atoms with Crippen LogP contribution in [-0.2, 0) is 9.59 Å². The van der Waals surface area contributed by atoms with Crippen molar-refractivity contribution in [2.24, 2.45) is 5.92 Å². The van der Waals surface area contributed by atoms with Gasteiger partial charge in [-0.15, -0.1) is 0 Å². The molecule has 0 atom stereocenters. The summed E-state index contributed by atoms with van der Waals surface area (Å²) < 4.78 is 0. The van der Waals surface area contributed by atoms with Gasteiger partial charge in [0.05, 0.1) is 6.54 Å². The molecule has 1 fully saturated rings. The Morgan fingerprint density at radius 1 is 1.22 bits per heavy atom. The molecule has 0 aliphatic heterocycles. The third-order valence-electron chi connectivity index (χ3n) is 3.66. The van der Waals surface area contributed by atoms with E-state index in [1.165, 1.54) is 6.42 Å². The van der Waals surface area contributed by atoms with E-state index in [1.807, 2.05) is 0 Å². The molecule has 0 unspecified atom stereocenters. The lowest BCUT2D eigenvalue weighted by Crippen LogP contribution is -2.41. The smallest absolute Gasteiger partial charge is 0.241 e. The summed E-state index contributed by atoms with van der Waals surface area (Å²) in [6, 6.07) is 0. The molecule has 1 aliphatic rings. The number of hydrogen-bond acceptors (Lipinski definition) is 2. The molecule has 2 amide bonds. The fourth-order valence-corrected chi connectivity index (χ4v) is 2.33. The van der Waals surface area contributed by atoms with Crippen LogP contribution in [0.25, 0.3) is 0 Å². The van der Waals surface area contributed by atoms with E-state index in [-0.39, 0.29) is 24.3 Å². The minimum atomic E-state index is 0.00705. The van der Waals surface area contributed by atoms with E-state index in [9.17, 15) is 9.59 Å². The van der Waals surface area contributed by atoms with Crippen molar-refractivity contribution in [1.82, 2.24) is 10.2 Å². The van der Waals surface area contributed by atoms with Gasteiger partial charge < -0.3 is 10.2 Å². The van der Waals surface area contributed by atoms with Gasteiger partial charge in [0.2, 0.25) is 11.8 Å². The highest BCUT2D eigenvalue weighted by atomic mass is 16.2. The molecule has 4 nitrogen and oxygen atoms in total. The average Bonchev–Trinajstić information content (AvgIpc) is 2.42. The van der Waals surface area contributed by atoms with Gasteiger partial charge in [-0.25, -0.2) is 0 Å². The molecule has 0 spiro atoms. The Morgan fingerprint density at radius 2 is 1.89 bits per heavy atom. The molecule has 1 N–H and O–H groups in total. The highest BCUT2D eigenvalue weighted by molar-refractivity contribution is 5.85. The molecule has 0 aromatic carbocycles. The third kappa shape index (κ3) is 5.07. The van der Waals surface area contributed by atoms with E-state index in [0.717, 1.165) is 45.1 Å². The predicted molar refractivity (Wildman–Crippen MR) is 72.1 cm³/mol. The van der Waals surface area contributed by atoms with Gasteiger partial charge in [-0.1, -0.05) is 32.6 Å². The van der Waals surface area contributed by atoms with Crippen LogP contribution in [0.5, 0.6) is 0 Å². The van der Waals surface area contributed by atoms with Crippen molar-refractivity contribution in [3.8, 4) is 0 Å². The van der Waals surface area contributed by atoms with Gasteiger partial charge in [-0.3, -0.25) is 9.59 Å². The highest BCUT2D eigenvalue weighted by Crippen LogP contribution is 2.23. The minimum absolute atomic E-state index is 0.00705. The lowest BCUT2D eigenvalue weighted by Gasteiger charge is -2.22. The largest absolute Gasteiger partial charge is 0.347 e. The molecule has 0 heterocycles. The SMILES string of the molecule is CCCCN(C)C(=O)CNC(=O)C1CCCCC1. The molecule has 18 heavy (non-hydrogen) atoms. The normalized spacial score (nSPS) is 16.3. The molecule has 0 bridgehead atoms. The van der Waals surface area contributed by atoms with Crippen molar-refractivity contribution in [3.05, 3.63) is 0 Å². The van der Waals surface area contributed by atoms with E-state index in [4.69, 9.17) is 0 Å². The van der Waals surface area contributed by atoms with Crippen molar-refractivity contribution in [1.29, 1.82) is 0 Å². The Bertz CT molecular complexity index is 273. The van der Waals surface area contributed by atoms with Crippen LogP contribution in [0.15, 0.2) is 0 Å². The summed E-state index contributed by atoms with van der Waals surface area (Å²) in [5.41, 5.74) is 0. The molecule has 1 rings (SSSR count). The van der Waals surface area contributed by atoms with Crippen molar-refractivity contribution in [2.45, 2.75) is 51.9 Å². The fourth-order valence-electron chi connectivity index (χ4n) is 2.33. The van der Waals surface area contributed by atoms with Crippen molar-refractivity contribution in [2.75, 3.05) is 20.1 Å². The first-order valence-corrected chi connectivity index (χ1v) is 7.16. The van der Waals surface area contributed by atoms with Crippen LogP contribution in [0.3, 0.4) is 0 Å². The molecule has 0 radical (unpaired) electrons. The molecule has 4 heteroatoms. The summed E-state index contributed by atoms with van der Waals surface area (Å²) in [6.07, 6.45) is 7.57.